The molecule has 14 heteroatoms. The Balaban J connectivity index is 1.30. The first-order valence-corrected chi connectivity index (χ1v) is 16.5. The summed E-state index contributed by atoms with van der Waals surface area (Å²) in [5.41, 5.74) is -0.771. The molecule has 4 aliphatic rings. The molecule has 2 saturated carbocycles. The number of benzene rings is 2. The zero-order chi connectivity index (χ0) is 31.1. The number of hydrogen-bond donors (Lipinski definition) is 1. The van der Waals surface area contributed by atoms with Crippen molar-refractivity contribution in [1.29, 1.82) is 0 Å². The van der Waals surface area contributed by atoms with E-state index < -0.39 is 53.0 Å². The lowest BCUT2D eigenvalue weighted by Gasteiger charge is -2.43. The first-order chi connectivity index (χ1) is 21.0. The number of thiazole rings is 1. The molecule has 0 spiro atoms. The number of aromatic nitrogens is 1. The molecule has 2 aliphatic heterocycles. The van der Waals surface area contributed by atoms with Gasteiger partial charge in [-0.05, 0) is 61.4 Å². The van der Waals surface area contributed by atoms with Crippen LogP contribution in [0.2, 0.25) is 0 Å². The number of fused-ring (bicyclic) bond motifs is 9. The number of rotatable bonds is 6. The number of ether oxygens (including phenoxy) is 2. The summed E-state index contributed by atoms with van der Waals surface area (Å²) in [5, 5.41) is 0.484. The van der Waals surface area contributed by atoms with Crippen LogP contribution < -0.4 is 14.5 Å². The SMILES string of the molecule is CCOC(=O)COc1ccc(Br)cc1[C@H]1c2sc(=O)[nH]c2SC2C1[C@H]1C[C@@H]2C2C(=O)N(c3ccccc3C(F)(F)F)C(=O)C21. The third-order valence-corrected chi connectivity index (χ3v) is 12.2. The van der Waals surface area contributed by atoms with Gasteiger partial charge in [-0.15, -0.1) is 11.8 Å². The fourth-order valence-corrected chi connectivity index (χ4v) is 11.0. The van der Waals surface area contributed by atoms with Gasteiger partial charge < -0.3 is 14.5 Å². The van der Waals surface area contributed by atoms with E-state index in [0.717, 1.165) is 31.7 Å². The van der Waals surface area contributed by atoms with Crippen LogP contribution in [0, 0.1) is 29.6 Å². The summed E-state index contributed by atoms with van der Waals surface area (Å²) in [7, 11) is 0. The number of halogens is 4. The molecule has 7 rings (SSSR count). The fourth-order valence-electron chi connectivity index (χ4n) is 7.74. The maximum absolute atomic E-state index is 14.0. The number of alkyl halides is 3. The van der Waals surface area contributed by atoms with Crippen LogP contribution in [0.5, 0.6) is 5.75 Å². The van der Waals surface area contributed by atoms with Crippen molar-refractivity contribution in [2.24, 2.45) is 29.6 Å². The first-order valence-electron chi connectivity index (χ1n) is 14.0. The summed E-state index contributed by atoms with van der Waals surface area (Å²) >= 11 is 6.06. The van der Waals surface area contributed by atoms with Gasteiger partial charge in [0.1, 0.15) is 5.75 Å². The molecule has 2 aliphatic carbocycles. The number of nitrogens with zero attached hydrogens (tertiary/aromatic N) is 1. The van der Waals surface area contributed by atoms with Crippen LogP contribution in [0.4, 0.5) is 18.9 Å². The number of esters is 1. The Kier molecular flexibility index (Phi) is 7.24. The molecule has 230 valence electrons. The molecule has 44 heavy (non-hydrogen) atoms. The van der Waals surface area contributed by atoms with Gasteiger partial charge in [-0.1, -0.05) is 39.4 Å². The average Bonchev–Trinajstić information content (AvgIpc) is 3.70. The number of para-hydroxylation sites is 1. The summed E-state index contributed by atoms with van der Waals surface area (Å²) in [5.74, 6) is -4.14. The van der Waals surface area contributed by atoms with Gasteiger partial charge in [-0.25, -0.2) is 9.69 Å². The number of amides is 2. The van der Waals surface area contributed by atoms with Gasteiger partial charge in [0.25, 0.3) is 0 Å². The molecule has 3 aromatic rings. The number of anilines is 1. The minimum atomic E-state index is -4.75. The Labute approximate surface area is 265 Å². The van der Waals surface area contributed by atoms with Crippen LogP contribution >= 0.6 is 39.0 Å². The summed E-state index contributed by atoms with van der Waals surface area (Å²) in [4.78, 5) is 56.8. The lowest BCUT2D eigenvalue weighted by molar-refractivity contribution is -0.145. The van der Waals surface area contributed by atoms with Crippen molar-refractivity contribution in [1.82, 2.24) is 4.98 Å². The fraction of sp³-hybridized carbons (Fsp3) is 0.400. The van der Waals surface area contributed by atoms with E-state index in [-0.39, 0.29) is 41.1 Å². The maximum Gasteiger partial charge on any atom is 0.418 e. The highest BCUT2D eigenvalue weighted by Crippen LogP contribution is 2.69. The minimum absolute atomic E-state index is 0.185. The number of aromatic amines is 1. The lowest BCUT2D eigenvalue weighted by Crippen LogP contribution is -2.42. The normalized spacial score (nSPS) is 28.6. The first kappa shape index (κ1) is 29.6. The van der Waals surface area contributed by atoms with Crippen LogP contribution in [0.15, 0.2) is 56.8 Å². The number of thioether (sulfide) groups is 1. The summed E-state index contributed by atoms with van der Waals surface area (Å²) in [6, 6.07) is 10.0. The Morgan fingerprint density at radius 2 is 1.82 bits per heavy atom. The van der Waals surface area contributed by atoms with E-state index >= 15 is 0 Å². The van der Waals surface area contributed by atoms with Crippen LogP contribution in [-0.4, -0.2) is 41.2 Å². The molecule has 3 fully saturated rings. The Hall–Kier alpha value is -3.10. The van der Waals surface area contributed by atoms with Gasteiger partial charge in [0.05, 0.1) is 34.7 Å². The summed E-state index contributed by atoms with van der Waals surface area (Å²) in [6.07, 6.45) is -4.18. The molecule has 4 unspecified atom stereocenters. The third-order valence-electron chi connectivity index (χ3n) is 9.13. The molecule has 2 bridgehead atoms. The van der Waals surface area contributed by atoms with E-state index in [9.17, 15) is 32.3 Å². The second-order valence-corrected chi connectivity index (χ2v) is 14.4. The average molecular weight is 710 g/mol. The van der Waals surface area contributed by atoms with E-state index in [1.165, 1.54) is 30.0 Å². The number of nitrogens with one attached hydrogen (secondary N) is 1. The van der Waals surface area contributed by atoms with Crippen molar-refractivity contribution >= 4 is 62.5 Å². The van der Waals surface area contributed by atoms with Gasteiger partial charge in [-0.3, -0.25) is 14.4 Å². The molecule has 8 nitrogen and oxygen atoms in total. The van der Waals surface area contributed by atoms with E-state index in [1.54, 1.807) is 19.1 Å². The van der Waals surface area contributed by atoms with Gasteiger partial charge in [0, 0.05) is 26.1 Å². The molecule has 1 N–H and O–H groups in total. The highest BCUT2D eigenvalue weighted by molar-refractivity contribution is 9.10. The van der Waals surface area contributed by atoms with Crippen molar-refractivity contribution in [3.05, 3.63) is 72.6 Å². The minimum Gasteiger partial charge on any atom is -0.482 e. The molecule has 2 aromatic carbocycles. The zero-order valence-electron chi connectivity index (χ0n) is 22.9. The second kappa shape index (κ2) is 10.8. The van der Waals surface area contributed by atoms with Crippen molar-refractivity contribution in [3.63, 3.8) is 0 Å². The molecular weight excluding hydrogens is 685 g/mol. The number of carbonyl (C=O) groups excluding carboxylic acids is 3. The number of H-pyrrole nitrogens is 1. The standard InChI is InChI=1S/C30H24BrF3N2O6S2/c1-2-41-19(37)11-42-18-8-7-12(31)9-13(18)20-21-14-10-15(24(21)43-26-25(20)44-29(40)35-26)23-22(14)27(38)36(28(23)39)17-6-4-3-5-16(17)30(32,33)34/h3-9,14-15,20-24H,2,10-11H2,1H3,(H,35,40)/t14-,15-,20-,21?,22?,23?,24?/m1/s1. The van der Waals surface area contributed by atoms with E-state index in [0.29, 0.717) is 22.8 Å². The Bertz CT molecular complexity index is 1760. The van der Waals surface area contributed by atoms with Gasteiger partial charge in [-0.2, -0.15) is 13.2 Å². The van der Waals surface area contributed by atoms with Crippen molar-refractivity contribution in [3.8, 4) is 5.75 Å². The molecule has 2 amide bonds. The maximum atomic E-state index is 14.0. The quantitative estimate of drug-likeness (QED) is 0.254. The van der Waals surface area contributed by atoms with E-state index in [4.69, 9.17) is 9.47 Å². The van der Waals surface area contributed by atoms with Gasteiger partial charge in [0.15, 0.2) is 6.61 Å². The highest BCUT2D eigenvalue weighted by atomic mass is 79.9. The predicted molar refractivity (Wildman–Crippen MR) is 159 cm³/mol. The van der Waals surface area contributed by atoms with Crippen molar-refractivity contribution in [2.45, 2.75) is 35.7 Å². The largest absolute Gasteiger partial charge is 0.482 e. The second-order valence-electron chi connectivity index (χ2n) is 11.3. The smallest absolute Gasteiger partial charge is 0.418 e. The molecular formula is C30H24BrF3N2O6S2. The Morgan fingerprint density at radius 3 is 2.55 bits per heavy atom. The summed E-state index contributed by atoms with van der Waals surface area (Å²) < 4.78 is 53.5. The van der Waals surface area contributed by atoms with Crippen molar-refractivity contribution in [2.75, 3.05) is 18.1 Å². The number of imide groups is 1. The van der Waals surface area contributed by atoms with Crippen LogP contribution in [0.3, 0.4) is 0 Å². The number of hydrogen-bond acceptors (Lipinski definition) is 8. The molecule has 7 atom stereocenters. The topological polar surface area (TPSA) is 106 Å². The lowest BCUT2D eigenvalue weighted by atomic mass is 9.68. The predicted octanol–water partition coefficient (Wildman–Crippen LogP) is 5.84. The van der Waals surface area contributed by atoms with Gasteiger partial charge in [0.2, 0.25) is 11.8 Å². The van der Waals surface area contributed by atoms with Crippen LogP contribution in [0.1, 0.15) is 35.3 Å². The Morgan fingerprint density at radius 1 is 1.09 bits per heavy atom. The monoisotopic (exact) mass is 708 g/mol. The third kappa shape index (κ3) is 4.54. The van der Waals surface area contributed by atoms with E-state index in [1.807, 2.05) is 6.07 Å². The number of carbonyl (C=O) groups is 3. The van der Waals surface area contributed by atoms with Crippen molar-refractivity contribution < 1.29 is 37.0 Å². The highest BCUT2D eigenvalue weighted by Gasteiger charge is 2.70. The molecule has 3 heterocycles. The molecule has 1 aromatic heterocycles. The molecule has 0 radical (unpaired) electrons. The van der Waals surface area contributed by atoms with E-state index in [2.05, 4.69) is 20.9 Å². The zero-order valence-corrected chi connectivity index (χ0v) is 26.1. The van der Waals surface area contributed by atoms with Crippen LogP contribution in [0.25, 0.3) is 0 Å². The summed E-state index contributed by atoms with van der Waals surface area (Å²) in [6.45, 7) is 1.56. The van der Waals surface area contributed by atoms with Gasteiger partial charge >= 0.3 is 17.0 Å². The van der Waals surface area contributed by atoms with Crippen LogP contribution in [-0.2, 0) is 25.3 Å². The molecule has 1 saturated heterocycles.